The lowest BCUT2D eigenvalue weighted by molar-refractivity contribution is -0.384. The van der Waals surface area contributed by atoms with Gasteiger partial charge in [0.15, 0.2) is 0 Å². The zero-order chi connectivity index (χ0) is 18.4. The molecule has 0 saturated carbocycles. The van der Waals surface area contributed by atoms with Crippen LogP contribution in [0.3, 0.4) is 0 Å². The summed E-state index contributed by atoms with van der Waals surface area (Å²) in [6, 6.07) is 8.59. The minimum atomic E-state index is -0.547. The third-order valence-electron chi connectivity index (χ3n) is 3.17. The average Bonchev–Trinajstić information content (AvgIpc) is 2.62. The van der Waals surface area contributed by atoms with Crippen molar-refractivity contribution in [2.45, 2.75) is 0 Å². The molecule has 0 atom stereocenters. The van der Waals surface area contributed by atoms with E-state index in [1.807, 2.05) is 0 Å². The largest absolute Gasteiger partial charge is 0.497 e. The Morgan fingerprint density at radius 1 is 1.20 bits per heavy atom. The first-order valence-corrected chi connectivity index (χ1v) is 7.33. The zero-order valence-corrected chi connectivity index (χ0v) is 14.1. The Morgan fingerprint density at radius 2 is 1.84 bits per heavy atom. The van der Waals surface area contributed by atoms with E-state index in [9.17, 15) is 14.9 Å². The van der Waals surface area contributed by atoms with Crippen LogP contribution in [0.5, 0.6) is 11.5 Å². The summed E-state index contributed by atoms with van der Waals surface area (Å²) in [4.78, 5) is 22.4. The van der Waals surface area contributed by atoms with E-state index in [0.717, 1.165) is 0 Å². The van der Waals surface area contributed by atoms with Crippen LogP contribution in [0.4, 0.5) is 5.69 Å². The van der Waals surface area contributed by atoms with E-state index in [1.54, 1.807) is 6.07 Å². The average molecular weight is 364 g/mol. The van der Waals surface area contributed by atoms with Crippen LogP contribution in [0.1, 0.15) is 15.9 Å². The van der Waals surface area contributed by atoms with Gasteiger partial charge in [0, 0.05) is 34.3 Å². The third kappa shape index (κ3) is 4.67. The number of ether oxygens (including phenoxy) is 2. The quantitative estimate of drug-likeness (QED) is 0.482. The third-order valence-corrected chi connectivity index (χ3v) is 3.52. The second-order valence-electron chi connectivity index (χ2n) is 4.76. The lowest BCUT2D eigenvalue weighted by Gasteiger charge is -2.07. The number of non-ortho nitro benzene ring substituents is 1. The standard InChI is InChI=1S/C16H14ClN3O5/c1-24-13-6-10(7-14(8-13)25-2)16(21)19-18-9-11-5-12(20(22)23)3-4-15(11)17/h3-9H,1-2H3,(H,19,21)/b18-9-. The number of hydrogen-bond acceptors (Lipinski definition) is 6. The maximum absolute atomic E-state index is 12.2. The van der Waals surface area contributed by atoms with E-state index >= 15 is 0 Å². The second-order valence-corrected chi connectivity index (χ2v) is 5.17. The van der Waals surface area contributed by atoms with Crippen molar-refractivity contribution in [3.05, 3.63) is 62.7 Å². The molecular formula is C16H14ClN3O5. The van der Waals surface area contributed by atoms with E-state index in [4.69, 9.17) is 21.1 Å². The Labute approximate surface area is 148 Å². The van der Waals surface area contributed by atoms with Crippen LogP contribution >= 0.6 is 11.6 Å². The number of carbonyl (C=O) groups excluding carboxylic acids is 1. The fraction of sp³-hybridized carbons (Fsp3) is 0.125. The Balaban J connectivity index is 2.16. The van der Waals surface area contributed by atoms with Crippen molar-refractivity contribution in [2.24, 2.45) is 5.10 Å². The van der Waals surface area contributed by atoms with Gasteiger partial charge >= 0.3 is 0 Å². The van der Waals surface area contributed by atoms with Crippen LogP contribution < -0.4 is 14.9 Å². The summed E-state index contributed by atoms with van der Waals surface area (Å²) in [6.45, 7) is 0. The summed E-state index contributed by atoms with van der Waals surface area (Å²) in [5.74, 6) is 0.403. The molecule has 9 heteroatoms. The topological polar surface area (TPSA) is 103 Å². The molecule has 1 amide bonds. The molecular weight excluding hydrogens is 350 g/mol. The highest BCUT2D eigenvalue weighted by Crippen LogP contribution is 2.23. The van der Waals surface area contributed by atoms with Crippen molar-refractivity contribution >= 4 is 29.4 Å². The van der Waals surface area contributed by atoms with Crippen LogP contribution in [-0.4, -0.2) is 31.3 Å². The minimum Gasteiger partial charge on any atom is -0.497 e. The lowest BCUT2D eigenvalue weighted by atomic mass is 10.2. The maximum Gasteiger partial charge on any atom is 0.271 e. The van der Waals surface area contributed by atoms with Crippen molar-refractivity contribution in [1.82, 2.24) is 5.43 Å². The van der Waals surface area contributed by atoms with E-state index in [2.05, 4.69) is 10.5 Å². The van der Waals surface area contributed by atoms with Gasteiger partial charge in [-0.05, 0) is 18.2 Å². The van der Waals surface area contributed by atoms with Crippen molar-refractivity contribution in [3.8, 4) is 11.5 Å². The normalized spacial score (nSPS) is 10.5. The van der Waals surface area contributed by atoms with Gasteiger partial charge in [-0.1, -0.05) is 11.6 Å². The number of carbonyl (C=O) groups is 1. The molecule has 0 heterocycles. The molecule has 130 valence electrons. The van der Waals surface area contributed by atoms with Gasteiger partial charge in [-0.15, -0.1) is 0 Å². The SMILES string of the molecule is COc1cc(OC)cc(C(=O)N/N=C\c2cc([N+](=O)[O-])ccc2Cl)c1. The number of nitro benzene ring substituents is 1. The van der Waals surface area contributed by atoms with E-state index in [1.165, 1.54) is 50.8 Å². The van der Waals surface area contributed by atoms with Gasteiger partial charge in [0.1, 0.15) is 11.5 Å². The summed E-state index contributed by atoms with van der Waals surface area (Å²) in [5, 5.41) is 14.8. The molecule has 0 aliphatic carbocycles. The summed E-state index contributed by atoms with van der Waals surface area (Å²) in [6.07, 6.45) is 1.23. The summed E-state index contributed by atoms with van der Waals surface area (Å²) >= 11 is 5.95. The highest BCUT2D eigenvalue weighted by Gasteiger charge is 2.10. The van der Waals surface area contributed by atoms with Gasteiger partial charge in [0.05, 0.1) is 25.4 Å². The lowest BCUT2D eigenvalue weighted by Crippen LogP contribution is -2.17. The van der Waals surface area contributed by atoms with Crippen LogP contribution in [-0.2, 0) is 0 Å². The molecule has 0 unspecified atom stereocenters. The fourth-order valence-electron chi connectivity index (χ4n) is 1.91. The molecule has 25 heavy (non-hydrogen) atoms. The molecule has 8 nitrogen and oxygen atoms in total. The first kappa shape index (κ1) is 18.2. The van der Waals surface area contributed by atoms with E-state index in [0.29, 0.717) is 17.1 Å². The second kappa shape index (κ2) is 8.11. The van der Waals surface area contributed by atoms with Gasteiger partial charge < -0.3 is 9.47 Å². The van der Waals surface area contributed by atoms with Gasteiger partial charge in [0.25, 0.3) is 11.6 Å². The molecule has 0 radical (unpaired) electrons. The monoisotopic (exact) mass is 363 g/mol. The number of nitrogens with zero attached hydrogens (tertiary/aromatic N) is 2. The molecule has 0 aliphatic heterocycles. The first-order chi connectivity index (χ1) is 11.9. The zero-order valence-electron chi connectivity index (χ0n) is 13.4. The summed E-state index contributed by atoms with van der Waals surface area (Å²) in [7, 11) is 2.94. The number of amides is 1. The number of benzene rings is 2. The van der Waals surface area contributed by atoms with Crippen molar-refractivity contribution in [3.63, 3.8) is 0 Å². The first-order valence-electron chi connectivity index (χ1n) is 6.95. The Morgan fingerprint density at radius 3 is 2.40 bits per heavy atom. The van der Waals surface area contributed by atoms with Gasteiger partial charge in [-0.2, -0.15) is 5.10 Å². The van der Waals surface area contributed by atoms with Crippen LogP contribution in [0.15, 0.2) is 41.5 Å². The van der Waals surface area contributed by atoms with E-state index < -0.39 is 10.8 Å². The molecule has 0 aromatic heterocycles. The van der Waals surface area contributed by atoms with Gasteiger partial charge in [-0.25, -0.2) is 5.43 Å². The Bertz CT molecular complexity index is 816. The number of rotatable bonds is 6. The smallest absolute Gasteiger partial charge is 0.271 e. The number of hydrazone groups is 1. The van der Waals surface area contributed by atoms with Gasteiger partial charge in [-0.3, -0.25) is 14.9 Å². The van der Waals surface area contributed by atoms with Crippen molar-refractivity contribution in [2.75, 3.05) is 14.2 Å². The van der Waals surface area contributed by atoms with Crippen molar-refractivity contribution < 1.29 is 19.2 Å². The number of nitro groups is 1. The van der Waals surface area contributed by atoms with Crippen LogP contribution in [0.2, 0.25) is 5.02 Å². The number of halogens is 1. The molecule has 0 aliphatic rings. The molecule has 1 N–H and O–H groups in total. The molecule has 2 aromatic carbocycles. The highest BCUT2D eigenvalue weighted by atomic mass is 35.5. The fourth-order valence-corrected chi connectivity index (χ4v) is 2.07. The number of nitrogens with one attached hydrogen (secondary N) is 1. The van der Waals surface area contributed by atoms with Gasteiger partial charge in [0.2, 0.25) is 0 Å². The van der Waals surface area contributed by atoms with Crippen LogP contribution in [0.25, 0.3) is 0 Å². The molecule has 0 saturated heterocycles. The summed E-state index contributed by atoms with van der Waals surface area (Å²) in [5.41, 5.74) is 2.77. The number of methoxy groups -OCH3 is 2. The van der Waals surface area contributed by atoms with Crippen molar-refractivity contribution in [1.29, 1.82) is 0 Å². The predicted molar refractivity (Wildman–Crippen MR) is 92.7 cm³/mol. The molecule has 0 bridgehead atoms. The Hall–Kier alpha value is -3.13. The highest BCUT2D eigenvalue weighted by molar-refractivity contribution is 6.33. The maximum atomic E-state index is 12.2. The number of hydrogen-bond donors (Lipinski definition) is 1. The summed E-state index contributed by atoms with van der Waals surface area (Å²) < 4.78 is 10.2. The molecule has 2 rings (SSSR count). The Kier molecular flexibility index (Phi) is 5.91. The predicted octanol–water partition coefficient (Wildman–Crippen LogP) is 3.03. The minimum absolute atomic E-state index is 0.130. The van der Waals surface area contributed by atoms with E-state index in [-0.39, 0.29) is 16.3 Å². The van der Waals surface area contributed by atoms with Crippen LogP contribution in [0, 0.1) is 10.1 Å². The molecule has 0 fully saturated rings. The molecule has 2 aromatic rings. The molecule has 0 spiro atoms.